The maximum absolute atomic E-state index is 12.9. The van der Waals surface area contributed by atoms with Gasteiger partial charge < -0.3 is 14.5 Å². The standard InChI is InChI=1S/C17H19ClN4O2/c1-24-15-5-4-13(18)12-14(15)16(23)21-8-3-9-22(11-10-21)17-19-6-2-7-20-17/h2,4-7,12H,3,8-11H2,1H3. The first-order chi connectivity index (χ1) is 11.7. The third-order valence-corrected chi connectivity index (χ3v) is 4.25. The van der Waals surface area contributed by atoms with Crippen molar-refractivity contribution in [2.75, 3.05) is 38.2 Å². The Bertz CT molecular complexity index is 711. The fourth-order valence-electron chi connectivity index (χ4n) is 2.79. The molecule has 3 rings (SSSR count). The van der Waals surface area contributed by atoms with Crippen LogP contribution in [0.15, 0.2) is 36.7 Å². The van der Waals surface area contributed by atoms with Gasteiger partial charge in [0.2, 0.25) is 5.95 Å². The number of benzene rings is 1. The molecular formula is C17H19ClN4O2. The normalized spacial score (nSPS) is 15.1. The van der Waals surface area contributed by atoms with E-state index < -0.39 is 0 Å². The quantitative estimate of drug-likeness (QED) is 0.854. The summed E-state index contributed by atoms with van der Waals surface area (Å²) < 4.78 is 5.30. The zero-order valence-corrected chi connectivity index (χ0v) is 14.2. The number of hydrogen-bond donors (Lipinski definition) is 0. The van der Waals surface area contributed by atoms with E-state index in [1.807, 2.05) is 4.90 Å². The van der Waals surface area contributed by atoms with Crippen LogP contribution in [-0.4, -0.2) is 54.1 Å². The van der Waals surface area contributed by atoms with Crippen LogP contribution in [0.25, 0.3) is 0 Å². The van der Waals surface area contributed by atoms with Crippen LogP contribution < -0.4 is 9.64 Å². The van der Waals surface area contributed by atoms with Gasteiger partial charge in [-0.2, -0.15) is 0 Å². The topological polar surface area (TPSA) is 58.6 Å². The van der Waals surface area contributed by atoms with Gasteiger partial charge in [-0.1, -0.05) is 11.6 Å². The highest BCUT2D eigenvalue weighted by Gasteiger charge is 2.23. The molecule has 0 bridgehead atoms. The highest BCUT2D eigenvalue weighted by Crippen LogP contribution is 2.24. The smallest absolute Gasteiger partial charge is 0.257 e. The maximum Gasteiger partial charge on any atom is 0.257 e. The average molecular weight is 347 g/mol. The SMILES string of the molecule is COc1ccc(Cl)cc1C(=O)N1CCCN(c2ncccn2)CC1. The first-order valence-corrected chi connectivity index (χ1v) is 8.21. The lowest BCUT2D eigenvalue weighted by Gasteiger charge is -2.22. The van der Waals surface area contributed by atoms with Gasteiger partial charge in [0.15, 0.2) is 0 Å². The second-order valence-corrected chi connectivity index (χ2v) is 5.96. The molecule has 6 nitrogen and oxygen atoms in total. The molecule has 0 atom stereocenters. The summed E-state index contributed by atoms with van der Waals surface area (Å²) in [7, 11) is 1.55. The number of carbonyl (C=O) groups is 1. The van der Waals surface area contributed by atoms with Crippen molar-refractivity contribution in [3.8, 4) is 5.75 Å². The summed E-state index contributed by atoms with van der Waals surface area (Å²) in [5.41, 5.74) is 0.495. The Morgan fingerprint density at radius 3 is 2.71 bits per heavy atom. The first kappa shape index (κ1) is 16.5. The largest absolute Gasteiger partial charge is 0.496 e. The maximum atomic E-state index is 12.9. The monoisotopic (exact) mass is 346 g/mol. The fraction of sp³-hybridized carbons (Fsp3) is 0.353. The summed E-state index contributed by atoms with van der Waals surface area (Å²) >= 11 is 6.04. The number of carbonyl (C=O) groups excluding carboxylic acids is 1. The van der Waals surface area contributed by atoms with Crippen molar-refractivity contribution in [3.63, 3.8) is 0 Å². The number of ether oxygens (including phenoxy) is 1. The van der Waals surface area contributed by atoms with E-state index in [1.54, 1.807) is 43.8 Å². The number of aromatic nitrogens is 2. The molecule has 126 valence electrons. The van der Waals surface area contributed by atoms with Gasteiger partial charge in [0, 0.05) is 43.6 Å². The van der Waals surface area contributed by atoms with Crippen molar-refractivity contribution in [1.29, 1.82) is 0 Å². The van der Waals surface area contributed by atoms with Crippen LogP contribution in [0.3, 0.4) is 0 Å². The second-order valence-electron chi connectivity index (χ2n) is 5.53. The summed E-state index contributed by atoms with van der Waals surface area (Å²) in [5.74, 6) is 1.18. The number of halogens is 1. The zero-order chi connectivity index (χ0) is 16.9. The van der Waals surface area contributed by atoms with E-state index in [1.165, 1.54) is 0 Å². The summed E-state index contributed by atoms with van der Waals surface area (Å²) in [6.45, 7) is 2.80. The molecule has 2 aromatic rings. The molecule has 0 unspecified atom stereocenters. The minimum Gasteiger partial charge on any atom is -0.496 e. The summed E-state index contributed by atoms with van der Waals surface area (Å²) in [4.78, 5) is 25.4. The Morgan fingerprint density at radius 2 is 1.96 bits per heavy atom. The Balaban J connectivity index is 1.74. The highest BCUT2D eigenvalue weighted by atomic mass is 35.5. The Hall–Kier alpha value is -2.34. The van der Waals surface area contributed by atoms with Gasteiger partial charge in [0.25, 0.3) is 5.91 Å². The first-order valence-electron chi connectivity index (χ1n) is 7.84. The van der Waals surface area contributed by atoms with E-state index >= 15 is 0 Å². The average Bonchev–Trinajstić information content (AvgIpc) is 2.88. The van der Waals surface area contributed by atoms with Crippen LogP contribution in [0.1, 0.15) is 16.8 Å². The van der Waals surface area contributed by atoms with Crippen LogP contribution in [-0.2, 0) is 0 Å². The van der Waals surface area contributed by atoms with E-state index in [4.69, 9.17) is 16.3 Å². The van der Waals surface area contributed by atoms with E-state index in [0.717, 1.165) is 13.0 Å². The number of hydrogen-bond acceptors (Lipinski definition) is 5. The summed E-state index contributed by atoms with van der Waals surface area (Å²) in [5, 5.41) is 0.522. The van der Waals surface area contributed by atoms with E-state index in [-0.39, 0.29) is 5.91 Å². The van der Waals surface area contributed by atoms with Crippen molar-refractivity contribution in [3.05, 3.63) is 47.2 Å². The molecule has 1 saturated heterocycles. The molecule has 0 aliphatic carbocycles. The lowest BCUT2D eigenvalue weighted by atomic mass is 10.1. The number of nitrogens with zero attached hydrogens (tertiary/aromatic N) is 4. The van der Waals surface area contributed by atoms with Crippen molar-refractivity contribution in [1.82, 2.24) is 14.9 Å². The molecule has 7 heteroatoms. The molecule has 2 heterocycles. The summed E-state index contributed by atoms with van der Waals surface area (Å²) in [6.07, 6.45) is 4.31. The van der Waals surface area contributed by atoms with Crippen molar-refractivity contribution < 1.29 is 9.53 Å². The van der Waals surface area contributed by atoms with Gasteiger partial charge in [-0.25, -0.2) is 9.97 Å². The second kappa shape index (κ2) is 7.49. The highest BCUT2D eigenvalue weighted by molar-refractivity contribution is 6.31. The van der Waals surface area contributed by atoms with Crippen LogP contribution in [0.2, 0.25) is 5.02 Å². The Kier molecular flexibility index (Phi) is 5.15. The minimum atomic E-state index is -0.0646. The Morgan fingerprint density at radius 1 is 1.17 bits per heavy atom. The predicted octanol–water partition coefficient (Wildman–Crippen LogP) is 2.49. The lowest BCUT2D eigenvalue weighted by Crippen LogP contribution is -2.35. The predicted molar refractivity (Wildman–Crippen MR) is 92.8 cm³/mol. The van der Waals surface area contributed by atoms with Gasteiger partial charge in [-0.3, -0.25) is 4.79 Å². The number of rotatable bonds is 3. The van der Waals surface area contributed by atoms with E-state index in [0.29, 0.717) is 41.9 Å². The molecule has 0 saturated carbocycles. The van der Waals surface area contributed by atoms with Gasteiger partial charge in [-0.05, 0) is 30.7 Å². The molecule has 1 aliphatic heterocycles. The van der Waals surface area contributed by atoms with Crippen molar-refractivity contribution in [2.45, 2.75) is 6.42 Å². The summed E-state index contributed by atoms with van der Waals surface area (Å²) in [6, 6.07) is 6.89. The third-order valence-electron chi connectivity index (χ3n) is 4.01. The van der Waals surface area contributed by atoms with Crippen LogP contribution >= 0.6 is 11.6 Å². The molecule has 1 aromatic carbocycles. The van der Waals surface area contributed by atoms with Crippen LogP contribution in [0, 0.1) is 0 Å². The minimum absolute atomic E-state index is 0.0646. The zero-order valence-electron chi connectivity index (χ0n) is 13.5. The van der Waals surface area contributed by atoms with Gasteiger partial charge in [0.05, 0.1) is 12.7 Å². The van der Waals surface area contributed by atoms with Gasteiger partial charge in [0.1, 0.15) is 5.75 Å². The molecule has 1 amide bonds. The number of amides is 1. The van der Waals surface area contributed by atoms with E-state index in [9.17, 15) is 4.79 Å². The van der Waals surface area contributed by atoms with Crippen molar-refractivity contribution in [2.24, 2.45) is 0 Å². The molecule has 1 aliphatic rings. The number of anilines is 1. The molecule has 1 fully saturated rings. The molecule has 24 heavy (non-hydrogen) atoms. The molecule has 0 radical (unpaired) electrons. The van der Waals surface area contributed by atoms with Gasteiger partial charge in [-0.15, -0.1) is 0 Å². The third kappa shape index (κ3) is 3.59. The molecule has 1 aromatic heterocycles. The van der Waals surface area contributed by atoms with Crippen LogP contribution in [0.5, 0.6) is 5.75 Å². The molecule has 0 spiro atoms. The lowest BCUT2D eigenvalue weighted by molar-refractivity contribution is 0.0763. The number of methoxy groups -OCH3 is 1. The van der Waals surface area contributed by atoms with Gasteiger partial charge >= 0.3 is 0 Å². The molecular weight excluding hydrogens is 328 g/mol. The molecule has 0 N–H and O–H groups in total. The van der Waals surface area contributed by atoms with Crippen molar-refractivity contribution >= 4 is 23.5 Å². The Labute approximate surface area is 146 Å². The van der Waals surface area contributed by atoms with E-state index in [2.05, 4.69) is 14.9 Å². The fourth-order valence-corrected chi connectivity index (χ4v) is 2.96. The van der Waals surface area contributed by atoms with Crippen LogP contribution in [0.4, 0.5) is 5.95 Å².